The number of benzene rings is 2. The van der Waals surface area contributed by atoms with Gasteiger partial charge in [0.25, 0.3) is 0 Å². The Morgan fingerprint density at radius 3 is 2.11 bits per heavy atom. The van der Waals surface area contributed by atoms with Gasteiger partial charge < -0.3 is 0 Å². The molecule has 0 aliphatic rings. The summed E-state index contributed by atoms with van der Waals surface area (Å²) in [6.07, 6.45) is 2.53. The molecular formula is C17H16O. The molecule has 0 saturated carbocycles. The summed E-state index contributed by atoms with van der Waals surface area (Å²) in [6.45, 7) is 1.99. The second-order valence-corrected chi connectivity index (χ2v) is 4.37. The highest BCUT2D eigenvalue weighted by Gasteiger charge is 2.05. The van der Waals surface area contributed by atoms with Crippen molar-refractivity contribution in [2.24, 2.45) is 0 Å². The fraction of sp³-hybridized carbons (Fsp3) is 0.118. The lowest BCUT2D eigenvalue weighted by atomic mass is 10.0. The zero-order chi connectivity index (χ0) is 12.8. The number of ketones is 1. The van der Waals surface area contributed by atoms with Gasteiger partial charge in [0, 0.05) is 12.0 Å². The van der Waals surface area contributed by atoms with Crippen molar-refractivity contribution in [2.75, 3.05) is 0 Å². The Morgan fingerprint density at radius 2 is 1.50 bits per heavy atom. The minimum absolute atomic E-state index is 0.167. The number of hydrogen-bond donors (Lipinski definition) is 0. The number of rotatable bonds is 4. The van der Waals surface area contributed by atoms with E-state index in [1.165, 1.54) is 0 Å². The van der Waals surface area contributed by atoms with Crippen LogP contribution in [0.2, 0.25) is 0 Å². The predicted molar refractivity (Wildman–Crippen MR) is 75.5 cm³/mol. The first kappa shape index (κ1) is 12.3. The molecule has 0 spiro atoms. The van der Waals surface area contributed by atoms with Crippen LogP contribution >= 0.6 is 0 Å². The van der Waals surface area contributed by atoms with Crippen molar-refractivity contribution in [3.8, 4) is 0 Å². The topological polar surface area (TPSA) is 17.1 Å². The lowest BCUT2D eigenvalue weighted by molar-refractivity contribution is 0.0993. The summed E-state index contributed by atoms with van der Waals surface area (Å²) in [4.78, 5) is 12.0. The van der Waals surface area contributed by atoms with E-state index >= 15 is 0 Å². The first-order valence-corrected chi connectivity index (χ1v) is 6.06. The van der Waals surface area contributed by atoms with Crippen LogP contribution in [0.1, 0.15) is 29.3 Å². The average Bonchev–Trinajstić information content (AvgIpc) is 2.40. The summed E-state index contributed by atoms with van der Waals surface area (Å²) in [6, 6.07) is 19.5. The van der Waals surface area contributed by atoms with Crippen molar-refractivity contribution < 1.29 is 4.79 Å². The van der Waals surface area contributed by atoms with Gasteiger partial charge in [-0.05, 0) is 12.5 Å². The number of carbonyl (C=O) groups excluding carboxylic acids is 1. The van der Waals surface area contributed by atoms with Gasteiger partial charge in [-0.15, -0.1) is 0 Å². The maximum Gasteiger partial charge on any atom is 0.166 e. The molecule has 2 aromatic carbocycles. The molecular weight excluding hydrogens is 220 g/mol. The molecule has 90 valence electrons. The van der Waals surface area contributed by atoms with Gasteiger partial charge in [-0.2, -0.15) is 0 Å². The van der Waals surface area contributed by atoms with Crippen molar-refractivity contribution >= 4 is 11.9 Å². The highest BCUT2D eigenvalue weighted by molar-refractivity contribution is 5.97. The Bertz CT molecular complexity index is 538. The highest BCUT2D eigenvalue weighted by atomic mass is 16.1. The Morgan fingerprint density at radius 1 is 0.944 bits per heavy atom. The summed E-state index contributed by atoms with van der Waals surface area (Å²) < 4.78 is 0. The molecule has 18 heavy (non-hydrogen) atoms. The van der Waals surface area contributed by atoms with Crippen LogP contribution in [0.25, 0.3) is 6.08 Å². The van der Waals surface area contributed by atoms with Crippen LogP contribution in [0.5, 0.6) is 0 Å². The van der Waals surface area contributed by atoms with Crippen LogP contribution in [0.3, 0.4) is 0 Å². The molecule has 0 saturated heterocycles. The van der Waals surface area contributed by atoms with Crippen LogP contribution in [-0.4, -0.2) is 5.78 Å². The molecule has 0 radical (unpaired) electrons. The SMILES string of the molecule is C/C(=C\c1ccccc1)CC(=O)c1ccccc1. The number of allylic oxidation sites excluding steroid dienone is 1. The van der Waals surface area contributed by atoms with Gasteiger partial charge in [-0.25, -0.2) is 0 Å². The van der Waals surface area contributed by atoms with Gasteiger partial charge in [0.15, 0.2) is 5.78 Å². The quantitative estimate of drug-likeness (QED) is 0.721. The van der Waals surface area contributed by atoms with Gasteiger partial charge in [0.2, 0.25) is 0 Å². The maximum atomic E-state index is 12.0. The number of hydrogen-bond acceptors (Lipinski definition) is 1. The van der Waals surface area contributed by atoms with E-state index in [9.17, 15) is 4.79 Å². The van der Waals surface area contributed by atoms with E-state index in [0.29, 0.717) is 6.42 Å². The summed E-state index contributed by atoms with van der Waals surface area (Å²) in [5.74, 6) is 0.167. The fourth-order valence-corrected chi connectivity index (χ4v) is 1.86. The van der Waals surface area contributed by atoms with E-state index < -0.39 is 0 Å². The Labute approximate surface area is 108 Å². The molecule has 2 aromatic rings. The third-order valence-corrected chi connectivity index (χ3v) is 2.75. The smallest absolute Gasteiger partial charge is 0.166 e. The summed E-state index contributed by atoms with van der Waals surface area (Å²) in [5, 5.41) is 0. The molecule has 0 N–H and O–H groups in total. The molecule has 0 heterocycles. The lowest BCUT2D eigenvalue weighted by Gasteiger charge is -2.02. The van der Waals surface area contributed by atoms with E-state index in [4.69, 9.17) is 0 Å². The third-order valence-electron chi connectivity index (χ3n) is 2.75. The van der Waals surface area contributed by atoms with E-state index in [2.05, 4.69) is 6.08 Å². The second kappa shape index (κ2) is 5.97. The van der Waals surface area contributed by atoms with Crippen molar-refractivity contribution in [2.45, 2.75) is 13.3 Å². The zero-order valence-electron chi connectivity index (χ0n) is 10.5. The van der Waals surface area contributed by atoms with Gasteiger partial charge >= 0.3 is 0 Å². The van der Waals surface area contributed by atoms with Crippen LogP contribution < -0.4 is 0 Å². The minimum Gasteiger partial charge on any atom is -0.294 e. The Kier molecular flexibility index (Phi) is 4.08. The lowest BCUT2D eigenvalue weighted by Crippen LogP contribution is -1.98. The number of carbonyl (C=O) groups is 1. The minimum atomic E-state index is 0.167. The Balaban J connectivity index is 2.06. The molecule has 0 aliphatic carbocycles. The number of Topliss-reactive ketones (excluding diaryl/α,β-unsaturated/α-hetero) is 1. The average molecular weight is 236 g/mol. The monoisotopic (exact) mass is 236 g/mol. The Hall–Kier alpha value is -2.15. The predicted octanol–water partition coefficient (Wildman–Crippen LogP) is 4.36. The van der Waals surface area contributed by atoms with Gasteiger partial charge in [0.1, 0.15) is 0 Å². The molecule has 0 bridgehead atoms. The fourth-order valence-electron chi connectivity index (χ4n) is 1.86. The van der Waals surface area contributed by atoms with Crippen LogP contribution in [0.4, 0.5) is 0 Å². The molecule has 0 aliphatic heterocycles. The second-order valence-electron chi connectivity index (χ2n) is 4.37. The van der Waals surface area contributed by atoms with E-state index in [1.54, 1.807) is 0 Å². The molecule has 0 atom stereocenters. The van der Waals surface area contributed by atoms with Gasteiger partial charge in [0.05, 0.1) is 0 Å². The molecule has 0 aromatic heterocycles. The summed E-state index contributed by atoms with van der Waals surface area (Å²) in [5.41, 5.74) is 2.99. The first-order valence-electron chi connectivity index (χ1n) is 6.06. The molecule has 0 amide bonds. The van der Waals surface area contributed by atoms with Crippen LogP contribution in [0.15, 0.2) is 66.2 Å². The van der Waals surface area contributed by atoms with Gasteiger partial charge in [-0.1, -0.05) is 72.3 Å². The maximum absolute atomic E-state index is 12.0. The first-order chi connectivity index (χ1) is 8.75. The summed E-state index contributed by atoms with van der Waals surface area (Å²) >= 11 is 0. The normalized spacial score (nSPS) is 11.3. The molecule has 0 fully saturated rings. The van der Waals surface area contributed by atoms with E-state index in [1.807, 2.05) is 67.6 Å². The van der Waals surface area contributed by atoms with Crippen molar-refractivity contribution in [1.29, 1.82) is 0 Å². The molecule has 2 rings (SSSR count). The molecule has 1 heteroatoms. The molecule has 1 nitrogen and oxygen atoms in total. The zero-order valence-corrected chi connectivity index (χ0v) is 10.5. The van der Waals surface area contributed by atoms with Crippen LogP contribution in [0, 0.1) is 0 Å². The standard InChI is InChI=1S/C17H16O/c1-14(12-15-8-4-2-5-9-15)13-17(18)16-10-6-3-7-11-16/h2-12H,13H2,1H3/b14-12+. The largest absolute Gasteiger partial charge is 0.294 e. The van der Waals surface area contributed by atoms with Crippen molar-refractivity contribution in [3.63, 3.8) is 0 Å². The van der Waals surface area contributed by atoms with E-state index in [-0.39, 0.29) is 5.78 Å². The van der Waals surface area contributed by atoms with Crippen molar-refractivity contribution in [3.05, 3.63) is 77.4 Å². The van der Waals surface area contributed by atoms with Crippen LogP contribution in [-0.2, 0) is 0 Å². The summed E-state index contributed by atoms with van der Waals surface area (Å²) in [7, 11) is 0. The molecule has 0 unspecified atom stereocenters. The third kappa shape index (κ3) is 3.42. The van der Waals surface area contributed by atoms with Crippen molar-refractivity contribution in [1.82, 2.24) is 0 Å². The highest BCUT2D eigenvalue weighted by Crippen LogP contribution is 2.12. The van der Waals surface area contributed by atoms with Gasteiger partial charge in [-0.3, -0.25) is 4.79 Å². The van der Waals surface area contributed by atoms with E-state index in [0.717, 1.165) is 16.7 Å².